The van der Waals surface area contributed by atoms with Crippen molar-refractivity contribution in [3.8, 4) is 17.8 Å². The van der Waals surface area contributed by atoms with Gasteiger partial charge in [0.1, 0.15) is 16.8 Å². The Morgan fingerprint density at radius 2 is 1.96 bits per heavy atom. The molecule has 0 N–H and O–H groups in total. The molecule has 0 amide bonds. The molecule has 3 aromatic rings. The largest absolute Gasteiger partial charge is 0.273 e. The van der Waals surface area contributed by atoms with Crippen LogP contribution in [0.1, 0.15) is 12.6 Å². The summed E-state index contributed by atoms with van der Waals surface area (Å²) in [5.74, 6) is 0. The van der Waals surface area contributed by atoms with E-state index in [9.17, 15) is 15.3 Å². The quantitative estimate of drug-likeness (QED) is 0.711. The number of nitriles is 2. The molecule has 0 bridgehead atoms. The van der Waals surface area contributed by atoms with Crippen LogP contribution in [0.15, 0.2) is 47.4 Å². The van der Waals surface area contributed by atoms with Gasteiger partial charge >= 0.3 is 0 Å². The molecule has 122 valence electrons. The molecular weight excluding hydrogens is 334 g/mol. The van der Waals surface area contributed by atoms with Gasteiger partial charge in [-0.3, -0.25) is 14.0 Å². The Labute approximate surface area is 147 Å². The summed E-state index contributed by atoms with van der Waals surface area (Å²) in [6, 6.07) is 14.5. The minimum atomic E-state index is -0.266. The summed E-state index contributed by atoms with van der Waals surface area (Å²) < 4.78 is 3.95. The molecular formula is C18H13N5OS. The Balaban J connectivity index is 2.40. The Morgan fingerprint density at radius 3 is 2.60 bits per heavy atom. The molecule has 3 rings (SSSR count). The highest BCUT2D eigenvalue weighted by atomic mass is 32.1. The predicted octanol–water partition coefficient (Wildman–Crippen LogP) is 1.14. The number of aryl methyl sites for hydroxylation is 1. The Morgan fingerprint density at radius 1 is 1.24 bits per heavy atom. The molecule has 0 spiro atoms. The van der Waals surface area contributed by atoms with E-state index in [1.807, 2.05) is 31.2 Å². The van der Waals surface area contributed by atoms with Crippen LogP contribution in [0.5, 0.6) is 0 Å². The molecule has 0 fully saturated rings. The van der Waals surface area contributed by atoms with E-state index in [-0.39, 0.29) is 11.1 Å². The number of rotatable bonds is 3. The maximum Gasteiger partial charge on any atom is 0.273 e. The van der Waals surface area contributed by atoms with Crippen molar-refractivity contribution < 1.29 is 0 Å². The summed E-state index contributed by atoms with van der Waals surface area (Å²) in [6.07, 6.45) is 3.40. The number of hydrogen-bond acceptors (Lipinski definition) is 5. The van der Waals surface area contributed by atoms with E-state index in [1.54, 1.807) is 41.2 Å². The van der Waals surface area contributed by atoms with Gasteiger partial charge < -0.3 is 0 Å². The fourth-order valence-electron chi connectivity index (χ4n) is 2.45. The van der Waals surface area contributed by atoms with Gasteiger partial charge in [0.25, 0.3) is 5.56 Å². The Hall–Kier alpha value is -3.42. The van der Waals surface area contributed by atoms with E-state index in [4.69, 9.17) is 0 Å². The van der Waals surface area contributed by atoms with Gasteiger partial charge in [-0.25, -0.2) is 0 Å². The third-order valence-electron chi connectivity index (χ3n) is 3.60. The fourth-order valence-corrected chi connectivity index (χ4v) is 3.49. The molecule has 2 heterocycles. The van der Waals surface area contributed by atoms with Crippen LogP contribution in [-0.4, -0.2) is 14.3 Å². The number of hydrogen-bond donors (Lipinski definition) is 0. The van der Waals surface area contributed by atoms with Crippen LogP contribution in [0, 0.1) is 22.7 Å². The van der Waals surface area contributed by atoms with Crippen LogP contribution in [0.25, 0.3) is 17.3 Å². The number of benzene rings is 1. The lowest BCUT2D eigenvalue weighted by Crippen LogP contribution is -2.30. The molecule has 1 aromatic carbocycles. The summed E-state index contributed by atoms with van der Waals surface area (Å²) in [7, 11) is 0. The average molecular weight is 347 g/mol. The van der Waals surface area contributed by atoms with Gasteiger partial charge in [0.15, 0.2) is 5.57 Å². The molecule has 0 aliphatic carbocycles. The minimum Gasteiger partial charge on any atom is -0.267 e. The highest BCUT2D eigenvalue weighted by Gasteiger charge is 2.11. The number of thiazole rings is 1. The van der Waals surface area contributed by atoms with Crippen molar-refractivity contribution in [1.82, 2.24) is 14.3 Å². The summed E-state index contributed by atoms with van der Waals surface area (Å²) in [6.45, 7) is 2.64. The van der Waals surface area contributed by atoms with Gasteiger partial charge in [0.05, 0.1) is 15.9 Å². The van der Waals surface area contributed by atoms with Crippen molar-refractivity contribution >= 4 is 23.0 Å². The van der Waals surface area contributed by atoms with E-state index >= 15 is 0 Å². The smallest absolute Gasteiger partial charge is 0.267 e. The normalized spacial score (nSPS) is 11.1. The van der Waals surface area contributed by atoms with Crippen molar-refractivity contribution in [3.63, 3.8) is 0 Å². The van der Waals surface area contributed by atoms with Crippen molar-refractivity contribution in [1.29, 1.82) is 10.5 Å². The van der Waals surface area contributed by atoms with Gasteiger partial charge in [-0.05, 0) is 31.2 Å². The second-order valence-electron chi connectivity index (χ2n) is 5.06. The molecule has 6 nitrogen and oxygen atoms in total. The maximum atomic E-state index is 12.9. The lowest BCUT2D eigenvalue weighted by atomic mass is 10.3. The first-order chi connectivity index (χ1) is 12.2. The highest BCUT2D eigenvalue weighted by Crippen LogP contribution is 2.04. The monoisotopic (exact) mass is 347 g/mol. The predicted molar refractivity (Wildman–Crippen MR) is 95.3 cm³/mol. The first-order valence-electron chi connectivity index (χ1n) is 7.55. The van der Waals surface area contributed by atoms with Crippen LogP contribution in [0.4, 0.5) is 0 Å². The second kappa shape index (κ2) is 7.00. The maximum absolute atomic E-state index is 12.9. The third-order valence-corrected chi connectivity index (χ3v) is 4.70. The Bertz CT molecular complexity index is 1150. The lowest BCUT2D eigenvalue weighted by molar-refractivity contribution is 0.653. The number of aromatic nitrogens is 3. The van der Waals surface area contributed by atoms with Crippen molar-refractivity contribution in [2.24, 2.45) is 0 Å². The zero-order valence-electron chi connectivity index (χ0n) is 13.4. The van der Waals surface area contributed by atoms with Gasteiger partial charge in [-0.15, -0.1) is 11.3 Å². The summed E-state index contributed by atoms with van der Waals surface area (Å²) >= 11 is 1.13. The van der Waals surface area contributed by atoms with Crippen LogP contribution < -0.4 is 14.8 Å². The number of nitrogens with zero attached hydrogens (tertiary/aromatic N) is 5. The lowest BCUT2D eigenvalue weighted by Gasteiger charge is -2.00. The van der Waals surface area contributed by atoms with Gasteiger partial charge in [-0.1, -0.05) is 18.2 Å². The van der Waals surface area contributed by atoms with Crippen LogP contribution in [0.3, 0.4) is 0 Å². The van der Waals surface area contributed by atoms with E-state index in [0.29, 0.717) is 21.4 Å². The second-order valence-corrected chi connectivity index (χ2v) is 6.09. The van der Waals surface area contributed by atoms with Gasteiger partial charge in [0.2, 0.25) is 0 Å². The van der Waals surface area contributed by atoms with Crippen molar-refractivity contribution in [3.05, 3.63) is 67.8 Å². The van der Waals surface area contributed by atoms with Crippen molar-refractivity contribution in [2.45, 2.75) is 13.5 Å². The fraction of sp³-hybridized carbons (Fsp3) is 0.111. The highest BCUT2D eigenvalue weighted by molar-refractivity contribution is 7.07. The molecule has 0 atom stereocenters. The molecule has 0 aliphatic heterocycles. The standard InChI is InChI=1S/C18H13N5OS/c1-2-22-15(8-9-21-22)10-16-17(24)23(14-6-4-3-5-7-14)18(25-16)13(11-19)12-20/h3-10H,2H2,1H3. The Kier molecular flexibility index (Phi) is 4.60. The minimum absolute atomic E-state index is 0.0883. The van der Waals surface area contributed by atoms with Crippen LogP contribution in [0.2, 0.25) is 0 Å². The van der Waals surface area contributed by atoms with E-state index < -0.39 is 0 Å². The summed E-state index contributed by atoms with van der Waals surface area (Å²) in [4.78, 5) is 12.9. The molecule has 0 unspecified atom stereocenters. The van der Waals surface area contributed by atoms with E-state index in [2.05, 4.69) is 5.10 Å². The summed E-state index contributed by atoms with van der Waals surface area (Å²) in [5, 5.41) is 22.7. The molecule has 2 aromatic heterocycles. The first kappa shape index (κ1) is 16.4. The molecule has 0 saturated carbocycles. The van der Waals surface area contributed by atoms with Gasteiger partial charge in [-0.2, -0.15) is 15.6 Å². The zero-order chi connectivity index (χ0) is 17.8. The molecule has 0 aliphatic rings. The third kappa shape index (κ3) is 3.01. The molecule has 7 heteroatoms. The van der Waals surface area contributed by atoms with Crippen LogP contribution in [-0.2, 0) is 6.54 Å². The van der Waals surface area contributed by atoms with E-state index in [0.717, 1.165) is 17.0 Å². The van der Waals surface area contributed by atoms with Crippen LogP contribution >= 0.6 is 11.3 Å². The first-order valence-corrected chi connectivity index (χ1v) is 8.36. The molecule has 25 heavy (non-hydrogen) atoms. The average Bonchev–Trinajstić information content (AvgIpc) is 3.22. The number of para-hydroxylation sites is 1. The summed E-state index contributed by atoms with van der Waals surface area (Å²) in [5.41, 5.74) is 1.06. The molecule has 0 saturated heterocycles. The van der Waals surface area contributed by atoms with Gasteiger partial charge in [0, 0.05) is 12.7 Å². The molecule has 0 radical (unpaired) electrons. The SMILES string of the molecule is CCn1nccc1C=c1sc(=C(C#N)C#N)n(-c2ccccc2)c1=O. The van der Waals surface area contributed by atoms with Crippen molar-refractivity contribution in [2.75, 3.05) is 0 Å². The van der Waals surface area contributed by atoms with E-state index in [1.165, 1.54) is 4.57 Å². The zero-order valence-corrected chi connectivity index (χ0v) is 14.2. The topological polar surface area (TPSA) is 87.4 Å².